The van der Waals surface area contributed by atoms with Gasteiger partial charge in [-0.2, -0.15) is 0 Å². The molecule has 0 aliphatic carbocycles. The predicted molar refractivity (Wildman–Crippen MR) is 53.8 cm³/mol. The highest BCUT2D eigenvalue weighted by atomic mass is 16.7. The van der Waals surface area contributed by atoms with E-state index in [-0.39, 0.29) is 6.61 Å². The Hall–Kier alpha value is -0.900. The Morgan fingerprint density at radius 3 is 2.14 bits per heavy atom. The zero-order valence-electron chi connectivity index (χ0n) is 8.56. The first-order chi connectivity index (χ1) is 6.79. The Labute approximate surface area is 84.3 Å². The predicted octanol–water partition coefficient (Wildman–Crippen LogP) is 1.51. The summed E-state index contributed by atoms with van der Waals surface area (Å²) in [6.45, 7) is 0.0244. The van der Waals surface area contributed by atoms with E-state index in [4.69, 9.17) is 14.6 Å². The van der Waals surface area contributed by atoms with Gasteiger partial charge in [0.25, 0.3) is 0 Å². The Kier molecular flexibility index (Phi) is 4.07. The van der Waals surface area contributed by atoms with Crippen LogP contribution in [0.1, 0.15) is 12.0 Å². The molecule has 0 atom stereocenters. The van der Waals surface area contributed by atoms with Crippen molar-refractivity contribution in [1.29, 1.82) is 0 Å². The molecule has 0 amide bonds. The van der Waals surface area contributed by atoms with Crippen LogP contribution >= 0.6 is 0 Å². The first-order valence-electron chi connectivity index (χ1n) is 4.56. The van der Waals surface area contributed by atoms with E-state index < -0.39 is 5.79 Å². The fraction of sp³-hybridized carbons (Fsp3) is 0.455. The maximum Gasteiger partial charge on any atom is 0.196 e. The molecule has 78 valence electrons. The molecule has 0 aromatic heterocycles. The normalized spacial score (nSPS) is 11.6. The van der Waals surface area contributed by atoms with E-state index in [0.717, 1.165) is 5.56 Å². The van der Waals surface area contributed by atoms with Gasteiger partial charge in [-0.15, -0.1) is 0 Å². The molecule has 0 saturated heterocycles. The number of hydrogen-bond donors (Lipinski definition) is 1. The Balaban J connectivity index is 2.98. The molecular formula is C11H16O3. The molecule has 0 bridgehead atoms. The lowest BCUT2D eigenvalue weighted by molar-refractivity contribution is -0.224. The molecule has 14 heavy (non-hydrogen) atoms. The quantitative estimate of drug-likeness (QED) is 0.725. The van der Waals surface area contributed by atoms with Crippen molar-refractivity contribution < 1.29 is 14.6 Å². The van der Waals surface area contributed by atoms with Crippen LogP contribution in [0.25, 0.3) is 0 Å². The monoisotopic (exact) mass is 196 g/mol. The lowest BCUT2D eigenvalue weighted by atomic mass is 10.0. The number of aliphatic hydroxyl groups is 1. The summed E-state index contributed by atoms with van der Waals surface area (Å²) in [4.78, 5) is 0. The summed E-state index contributed by atoms with van der Waals surface area (Å²) in [5.41, 5.74) is 0.916. The van der Waals surface area contributed by atoms with E-state index in [2.05, 4.69) is 0 Å². The molecule has 3 nitrogen and oxygen atoms in total. The first kappa shape index (κ1) is 11.2. The topological polar surface area (TPSA) is 38.7 Å². The highest BCUT2D eigenvalue weighted by Crippen LogP contribution is 2.29. The number of rotatable bonds is 5. The highest BCUT2D eigenvalue weighted by molar-refractivity contribution is 5.20. The average molecular weight is 196 g/mol. The molecule has 1 aromatic rings. The van der Waals surface area contributed by atoms with Gasteiger partial charge < -0.3 is 14.6 Å². The van der Waals surface area contributed by atoms with Crippen molar-refractivity contribution in [1.82, 2.24) is 0 Å². The third kappa shape index (κ3) is 2.12. The standard InChI is InChI=1S/C11H16O3/c1-13-11(14-2,8-9-12)10-6-4-3-5-7-10/h3-7,12H,8-9H2,1-2H3. The molecule has 0 heterocycles. The van der Waals surface area contributed by atoms with Crippen LogP contribution in [-0.4, -0.2) is 25.9 Å². The lowest BCUT2D eigenvalue weighted by Gasteiger charge is -2.30. The van der Waals surface area contributed by atoms with Gasteiger partial charge in [0.05, 0.1) is 0 Å². The SMILES string of the molecule is COC(CCO)(OC)c1ccccc1. The molecule has 0 spiro atoms. The maximum atomic E-state index is 8.97. The number of ether oxygens (including phenoxy) is 2. The lowest BCUT2D eigenvalue weighted by Crippen LogP contribution is -2.31. The zero-order chi connectivity index (χ0) is 10.4. The van der Waals surface area contributed by atoms with Crippen molar-refractivity contribution >= 4 is 0 Å². The van der Waals surface area contributed by atoms with Gasteiger partial charge in [-0.3, -0.25) is 0 Å². The van der Waals surface area contributed by atoms with Gasteiger partial charge in [0.15, 0.2) is 5.79 Å². The van der Waals surface area contributed by atoms with Crippen LogP contribution in [0.5, 0.6) is 0 Å². The van der Waals surface area contributed by atoms with Gasteiger partial charge in [0, 0.05) is 32.8 Å². The second-order valence-electron chi connectivity index (χ2n) is 3.00. The highest BCUT2D eigenvalue weighted by Gasteiger charge is 2.30. The van der Waals surface area contributed by atoms with Crippen LogP contribution in [0.15, 0.2) is 30.3 Å². The molecular weight excluding hydrogens is 180 g/mol. The summed E-state index contributed by atoms with van der Waals surface area (Å²) in [7, 11) is 3.15. The van der Waals surface area contributed by atoms with E-state index in [1.54, 1.807) is 14.2 Å². The van der Waals surface area contributed by atoms with Gasteiger partial charge in [0.1, 0.15) is 0 Å². The summed E-state index contributed by atoms with van der Waals surface area (Å²) in [5, 5.41) is 8.97. The summed E-state index contributed by atoms with van der Waals surface area (Å²) >= 11 is 0. The van der Waals surface area contributed by atoms with Crippen molar-refractivity contribution in [2.24, 2.45) is 0 Å². The Morgan fingerprint density at radius 1 is 1.14 bits per heavy atom. The van der Waals surface area contributed by atoms with Crippen molar-refractivity contribution in [3.63, 3.8) is 0 Å². The minimum atomic E-state index is -0.823. The number of benzene rings is 1. The molecule has 1 rings (SSSR count). The third-order valence-electron chi connectivity index (χ3n) is 2.31. The third-order valence-corrected chi connectivity index (χ3v) is 2.31. The number of hydrogen-bond acceptors (Lipinski definition) is 3. The van der Waals surface area contributed by atoms with Crippen LogP contribution < -0.4 is 0 Å². The van der Waals surface area contributed by atoms with E-state index in [1.807, 2.05) is 30.3 Å². The molecule has 0 saturated carbocycles. The fourth-order valence-electron chi connectivity index (χ4n) is 1.51. The van der Waals surface area contributed by atoms with Crippen molar-refractivity contribution in [3.05, 3.63) is 35.9 Å². The summed E-state index contributed by atoms with van der Waals surface area (Å²) < 4.78 is 10.7. The number of methoxy groups -OCH3 is 2. The van der Waals surface area contributed by atoms with E-state index in [1.165, 1.54) is 0 Å². The van der Waals surface area contributed by atoms with E-state index >= 15 is 0 Å². The van der Waals surface area contributed by atoms with Gasteiger partial charge in [-0.25, -0.2) is 0 Å². The average Bonchev–Trinajstić information content (AvgIpc) is 2.27. The van der Waals surface area contributed by atoms with Crippen LogP contribution in [0.4, 0.5) is 0 Å². The van der Waals surface area contributed by atoms with Crippen LogP contribution in [0.3, 0.4) is 0 Å². The molecule has 0 aliphatic rings. The summed E-state index contributed by atoms with van der Waals surface area (Å²) in [5.74, 6) is -0.823. The van der Waals surface area contributed by atoms with Gasteiger partial charge in [0.2, 0.25) is 0 Å². The largest absolute Gasteiger partial charge is 0.396 e. The smallest absolute Gasteiger partial charge is 0.196 e. The van der Waals surface area contributed by atoms with Crippen LogP contribution in [0, 0.1) is 0 Å². The Bertz CT molecular complexity index is 254. The number of aliphatic hydroxyl groups excluding tert-OH is 1. The molecule has 1 aromatic carbocycles. The van der Waals surface area contributed by atoms with E-state index in [9.17, 15) is 0 Å². The van der Waals surface area contributed by atoms with Gasteiger partial charge in [-0.05, 0) is 0 Å². The van der Waals surface area contributed by atoms with Gasteiger partial charge in [-0.1, -0.05) is 30.3 Å². The maximum absolute atomic E-state index is 8.97. The Morgan fingerprint density at radius 2 is 1.71 bits per heavy atom. The minimum Gasteiger partial charge on any atom is -0.396 e. The van der Waals surface area contributed by atoms with Crippen molar-refractivity contribution in [2.75, 3.05) is 20.8 Å². The first-order valence-corrected chi connectivity index (χ1v) is 4.56. The molecule has 0 aliphatic heterocycles. The van der Waals surface area contributed by atoms with Crippen molar-refractivity contribution in [2.45, 2.75) is 12.2 Å². The summed E-state index contributed by atoms with van der Waals surface area (Å²) in [6.07, 6.45) is 0.421. The van der Waals surface area contributed by atoms with E-state index in [0.29, 0.717) is 6.42 Å². The fourth-order valence-corrected chi connectivity index (χ4v) is 1.51. The summed E-state index contributed by atoms with van der Waals surface area (Å²) in [6, 6.07) is 9.60. The van der Waals surface area contributed by atoms with Crippen molar-refractivity contribution in [3.8, 4) is 0 Å². The second-order valence-corrected chi connectivity index (χ2v) is 3.00. The molecule has 0 radical (unpaired) electrons. The molecule has 1 N–H and O–H groups in total. The van der Waals surface area contributed by atoms with Gasteiger partial charge >= 0.3 is 0 Å². The molecule has 3 heteroatoms. The van der Waals surface area contributed by atoms with Crippen LogP contribution in [-0.2, 0) is 15.3 Å². The molecule has 0 fully saturated rings. The second kappa shape index (κ2) is 5.10. The molecule has 0 unspecified atom stereocenters. The zero-order valence-corrected chi connectivity index (χ0v) is 8.56. The van der Waals surface area contributed by atoms with Crippen LogP contribution in [0.2, 0.25) is 0 Å². The minimum absolute atomic E-state index is 0.0244.